The van der Waals surface area contributed by atoms with Crippen LogP contribution >= 0.6 is 11.8 Å². The molecule has 0 radical (unpaired) electrons. The highest BCUT2D eigenvalue weighted by Crippen LogP contribution is 2.24. The molecule has 1 N–H and O–H groups in total. The third-order valence-electron chi connectivity index (χ3n) is 3.58. The van der Waals surface area contributed by atoms with Crippen molar-refractivity contribution in [3.05, 3.63) is 29.8 Å². The predicted octanol–water partition coefficient (Wildman–Crippen LogP) is 1.29. The van der Waals surface area contributed by atoms with Gasteiger partial charge in [-0.25, -0.2) is 8.42 Å². The normalized spacial score (nSPS) is 19.8. The van der Waals surface area contributed by atoms with Gasteiger partial charge in [0.15, 0.2) is 9.84 Å². The van der Waals surface area contributed by atoms with E-state index in [0.29, 0.717) is 18.7 Å². The van der Waals surface area contributed by atoms with E-state index in [1.165, 1.54) is 11.8 Å². The number of carbonyl (C=O) groups is 1. The van der Waals surface area contributed by atoms with Gasteiger partial charge in [-0.05, 0) is 24.1 Å². The Kier molecular flexibility index (Phi) is 5.74. The van der Waals surface area contributed by atoms with E-state index in [4.69, 9.17) is 0 Å². The lowest BCUT2D eigenvalue weighted by Gasteiger charge is -2.13. The number of rotatable bonds is 6. The molecule has 1 heterocycles. The van der Waals surface area contributed by atoms with Crippen LogP contribution in [0.4, 0.5) is 5.69 Å². The van der Waals surface area contributed by atoms with Crippen LogP contribution < -0.4 is 10.2 Å². The summed E-state index contributed by atoms with van der Waals surface area (Å²) < 4.78 is 22.7. The molecule has 1 aliphatic heterocycles. The molecule has 1 aliphatic rings. The molecule has 7 heteroatoms. The van der Waals surface area contributed by atoms with E-state index in [9.17, 15) is 13.2 Å². The molecule has 122 valence electrons. The zero-order valence-electron chi connectivity index (χ0n) is 12.9. The second-order valence-electron chi connectivity index (χ2n) is 5.67. The molecule has 0 aromatic heterocycles. The van der Waals surface area contributed by atoms with Crippen molar-refractivity contribution < 1.29 is 13.2 Å². The van der Waals surface area contributed by atoms with Crippen LogP contribution in [0.1, 0.15) is 12.0 Å². The Morgan fingerprint density at radius 2 is 2.00 bits per heavy atom. The smallest absolute Gasteiger partial charge is 0.230 e. The highest BCUT2D eigenvalue weighted by molar-refractivity contribution is 8.02. The van der Waals surface area contributed by atoms with Crippen molar-refractivity contribution in [3.63, 3.8) is 0 Å². The van der Waals surface area contributed by atoms with Crippen LogP contribution in [-0.4, -0.2) is 50.9 Å². The molecule has 22 heavy (non-hydrogen) atoms. The lowest BCUT2D eigenvalue weighted by atomic mass is 10.2. The molecule has 0 bridgehead atoms. The Morgan fingerprint density at radius 1 is 1.32 bits per heavy atom. The Balaban J connectivity index is 1.71. The van der Waals surface area contributed by atoms with Crippen molar-refractivity contribution in [1.82, 2.24) is 5.32 Å². The van der Waals surface area contributed by atoms with E-state index in [-0.39, 0.29) is 22.7 Å². The zero-order chi connectivity index (χ0) is 16.2. The SMILES string of the molecule is CN(C)c1ccc(CNC(=O)CS[C@@H]2CCS(=O)(=O)C2)cc1. The minimum atomic E-state index is -2.87. The van der Waals surface area contributed by atoms with Gasteiger partial charge in [-0.1, -0.05) is 12.1 Å². The molecule has 1 amide bonds. The first kappa shape index (κ1) is 17.1. The molecular formula is C15H22N2O3S2. The molecule has 0 spiro atoms. The van der Waals surface area contributed by atoms with Crippen molar-refractivity contribution in [3.8, 4) is 0 Å². The molecule has 1 saturated heterocycles. The second kappa shape index (κ2) is 7.37. The number of nitrogens with zero attached hydrogens (tertiary/aromatic N) is 1. The van der Waals surface area contributed by atoms with E-state index in [1.54, 1.807) is 0 Å². The maximum absolute atomic E-state index is 11.8. The number of benzene rings is 1. The number of hydrogen-bond acceptors (Lipinski definition) is 5. The minimum absolute atomic E-state index is 0.0500. The zero-order valence-corrected chi connectivity index (χ0v) is 14.5. The maximum Gasteiger partial charge on any atom is 0.230 e. The minimum Gasteiger partial charge on any atom is -0.378 e. The standard InChI is InChI=1S/C15H22N2O3S2/c1-17(2)13-5-3-12(4-6-13)9-16-15(18)10-21-14-7-8-22(19,20)11-14/h3-6,14H,7-11H2,1-2H3,(H,16,18)/t14-/m1/s1. The van der Waals surface area contributed by atoms with Crippen LogP contribution in [0.15, 0.2) is 24.3 Å². The number of sulfone groups is 1. The van der Waals surface area contributed by atoms with Gasteiger partial charge in [0.05, 0.1) is 17.3 Å². The summed E-state index contributed by atoms with van der Waals surface area (Å²) in [6.45, 7) is 0.496. The van der Waals surface area contributed by atoms with Crippen LogP contribution in [0.2, 0.25) is 0 Å². The van der Waals surface area contributed by atoms with Crippen LogP contribution in [-0.2, 0) is 21.2 Å². The average Bonchev–Trinajstić information content (AvgIpc) is 2.82. The highest BCUT2D eigenvalue weighted by atomic mass is 32.2. The van der Waals surface area contributed by atoms with Gasteiger partial charge in [0.2, 0.25) is 5.91 Å². The van der Waals surface area contributed by atoms with Crippen molar-refractivity contribution in [2.45, 2.75) is 18.2 Å². The van der Waals surface area contributed by atoms with Crippen LogP contribution in [0.3, 0.4) is 0 Å². The van der Waals surface area contributed by atoms with Gasteiger partial charge in [0.25, 0.3) is 0 Å². The van der Waals surface area contributed by atoms with Crippen LogP contribution in [0.5, 0.6) is 0 Å². The van der Waals surface area contributed by atoms with Crippen molar-refractivity contribution in [2.75, 3.05) is 36.3 Å². The molecule has 1 atom stereocenters. The first-order valence-corrected chi connectivity index (χ1v) is 10.1. The van der Waals surface area contributed by atoms with Crippen LogP contribution in [0, 0.1) is 0 Å². The summed E-state index contributed by atoms with van der Waals surface area (Å²) in [5.41, 5.74) is 2.17. The Bertz CT molecular complexity index is 612. The lowest BCUT2D eigenvalue weighted by Crippen LogP contribution is -2.25. The fourth-order valence-electron chi connectivity index (χ4n) is 2.25. The Morgan fingerprint density at radius 3 is 2.55 bits per heavy atom. The van der Waals surface area contributed by atoms with Crippen molar-refractivity contribution >= 4 is 33.2 Å². The van der Waals surface area contributed by atoms with Gasteiger partial charge in [-0.3, -0.25) is 4.79 Å². The fraction of sp³-hybridized carbons (Fsp3) is 0.533. The van der Waals surface area contributed by atoms with Gasteiger partial charge in [-0.15, -0.1) is 11.8 Å². The Labute approximate surface area is 136 Å². The first-order chi connectivity index (χ1) is 10.4. The number of carbonyl (C=O) groups excluding carboxylic acids is 1. The van der Waals surface area contributed by atoms with Crippen molar-refractivity contribution in [2.24, 2.45) is 0 Å². The third kappa shape index (κ3) is 5.21. The topological polar surface area (TPSA) is 66.5 Å². The number of anilines is 1. The summed E-state index contributed by atoms with van der Waals surface area (Å²) in [5.74, 6) is 0.725. The summed E-state index contributed by atoms with van der Waals surface area (Å²) in [6.07, 6.45) is 0.659. The largest absolute Gasteiger partial charge is 0.378 e. The van der Waals surface area contributed by atoms with Crippen molar-refractivity contribution in [1.29, 1.82) is 0 Å². The quantitative estimate of drug-likeness (QED) is 0.844. The number of nitrogens with one attached hydrogen (secondary N) is 1. The fourth-order valence-corrected chi connectivity index (χ4v) is 5.72. The number of hydrogen-bond donors (Lipinski definition) is 1. The van der Waals surface area contributed by atoms with E-state index >= 15 is 0 Å². The summed E-state index contributed by atoms with van der Waals surface area (Å²) >= 11 is 1.44. The molecule has 5 nitrogen and oxygen atoms in total. The Hall–Kier alpha value is -1.21. The summed E-state index contributed by atoms with van der Waals surface area (Å²) in [6, 6.07) is 8.01. The van der Waals surface area contributed by atoms with Gasteiger partial charge in [0, 0.05) is 31.6 Å². The molecule has 1 aromatic rings. The van der Waals surface area contributed by atoms with E-state index in [0.717, 1.165) is 11.3 Å². The van der Waals surface area contributed by atoms with Crippen LogP contribution in [0.25, 0.3) is 0 Å². The molecule has 0 saturated carbocycles. The molecule has 0 aliphatic carbocycles. The summed E-state index contributed by atoms with van der Waals surface area (Å²) in [4.78, 5) is 13.8. The molecule has 1 aromatic carbocycles. The molecule has 2 rings (SSSR count). The third-order valence-corrected chi connectivity index (χ3v) is 6.86. The van der Waals surface area contributed by atoms with E-state index in [1.807, 2.05) is 43.3 Å². The van der Waals surface area contributed by atoms with E-state index in [2.05, 4.69) is 5.32 Å². The summed E-state index contributed by atoms with van der Waals surface area (Å²) in [7, 11) is 1.10. The first-order valence-electron chi connectivity index (χ1n) is 7.21. The number of amides is 1. The molecule has 0 unspecified atom stereocenters. The highest BCUT2D eigenvalue weighted by Gasteiger charge is 2.28. The van der Waals surface area contributed by atoms with Gasteiger partial charge < -0.3 is 10.2 Å². The van der Waals surface area contributed by atoms with Gasteiger partial charge in [0.1, 0.15) is 0 Å². The van der Waals surface area contributed by atoms with Gasteiger partial charge in [-0.2, -0.15) is 0 Å². The predicted molar refractivity (Wildman–Crippen MR) is 92.1 cm³/mol. The van der Waals surface area contributed by atoms with Gasteiger partial charge >= 0.3 is 0 Å². The number of thioether (sulfide) groups is 1. The summed E-state index contributed by atoms with van der Waals surface area (Å²) in [5, 5.41) is 2.93. The molecule has 1 fully saturated rings. The average molecular weight is 342 g/mol. The monoisotopic (exact) mass is 342 g/mol. The lowest BCUT2D eigenvalue weighted by molar-refractivity contribution is -0.118. The maximum atomic E-state index is 11.8. The molecular weight excluding hydrogens is 320 g/mol. The second-order valence-corrected chi connectivity index (χ2v) is 9.19. The van der Waals surface area contributed by atoms with E-state index < -0.39 is 9.84 Å².